The zero-order valence-electron chi connectivity index (χ0n) is 10.5. The quantitative estimate of drug-likeness (QED) is 0.805. The first-order valence-electron chi connectivity index (χ1n) is 5.49. The summed E-state index contributed by atoms with van der Waals surface area (Å²) in [7, 11) is 1.65. The van der Waals surface area contributed by atoms with Gasteiger partial charge in [0.2, 0.25) is 0 Å². The molecule has 0 saturated heterocycles. The number of carboxylic acids is 1. The number of nitrogens with zero attached hydrogens (tertiary/aromatic N) is 2. The molecule has 0 aromatic carbocycles. The van der Waals surface area contributed by atoms with E-state index in [-0.39, 0.29) is 19.1 Å². The number of urea groups is 1. The largest absolute Gasteiger partial charge is 0.480 e. The summed E-state index contributed by atoms with van der Waals surface area (Å²) < 4.78 is 0.974. The molecule has 0 unspecified atom stereocenters. The number of halogens is 1. The highest BCUT2D eigenvalue weighted by atomic mass is 79.9. The summed E-state index contributed by atoms with van der Waals surface area (Å²) in [6.07, 6.45) is 1.51. The van der Waals surface area contributed by atoms with Crippen molar-refractivity contribution >= 4 is 39.3 Å². The third kappa shape index (κ3) is 5.04. The lowest BCUT2D eigenvalue weighted by molar-refractivity contribution is -0.137. The smallest absolute Gasteiger partial charge is 0.323 e. The fourth-order valence-corrected chi connectivity index (χ4v) is 3.01. The van der Waals surface area contributed by atoms with Gasteiger partial charge >= 0.3 is 12.0 Å². The van der Waals surface area contributed by atoms with Gasteiger partial charge in [-0.1, -0.05) is 6.08 Å². The number of thiophene rings is 1. The molecule has 7 heteroatoms. The molecule has 2 amide bonds. The third-order valence-electron chi connectivity index (χ3n) is 2.29. The van der Waals surface area contributed by atoms with Crippen molar-refractivity contribution in [3.8, 4) is 0 Å². The number of aliphatic carboxylic acids is 1. The van der Waals surface area contributed by atoms with Crippen molar-refractivity contribution < 1.29 is 14.7 Å². The van der Waals surface area contributed by atoms with Crippen LogP contribution in [-0.2, 0) is 11.3 Å². The molecule has 1 aromatic rings. The second-order valence-corrected chi connectivity index (χ2v) is 5.84. The molecule has 5 nitrogen and oxygen atoms in total. The van der Waals surface area contributed by atoms with Gasteiger partial charge in [0.05, 0.1) is 6.54 Å². The molecular weight excluding hydrogens is 332 g/mol. The topological polar surface area (TPSA) is 60.9 Å². The molecule has 0 aliphatic carbocycles. The number of carbonyl (C=O) groups is 2. The van der Waals surface area contributed by atoms with Gasteiger partial charge in [-0.15, -0.1) is 17.9 Å². The predicted octanol–water partition coefficient (Wildman–Crippen LogP) is 2.64. The lowest BCUT2D eigenvalue weighted by Crippen LogP contribution is -2.43. The minimum absolute atomic E-state index is 0.212. The summed E-state index contributed by atoms with van der Waals surface area (Å²) in [4.78, 5) is 26.6. The highest BCUT2D eigenvalue weighted by Crippen LogP contribution is 2.21. The van der Waals surface area contributed by atoms with E-state index >= 15 is 0 Å². The van der Waals surface area contributed by atoms with Gasteiger partial charge < -0.3 is 14.9 Å². The van der Waals surface area contributed by atoms with E-state index in [1.807, 2.05) is 11.4 Å². The second-order valence-electron chi connectivity index (χ2n) is 3.93. The molecule has 19 heavy (non-hydrogen) atoms. The number of rotatable bonds is 6. The number of hydrogen-bond acceptors (Lipinski definition) is 3. The number of amides is 2. The predicted molar refractivity (Wildman–Crippen MR) is 78.3 cm³/mol. The number of carbonyl (C=O) groups excluding carboxylic acids is 1. The molecule has 0 fully saturated rings. The van der Waals surface area contributed by atoms with Gasteiger partial charge in [-0.25, -0.2) is 4.79 Å². The van der Waals surface area contributed by atoms with Crippen molar-refractivity contribution in [2.45, 2.75) is 6.54 Å². The van der Waals surface area contributed by atoms with Crippen LogP contribution in [-0.4, -0.2) is 47.0 Å². The Balaban J connectivity index is 2.66. The maximum absolute atomic E-state index is 12.1. The van der Waals surface area contributed by atoms with Crippen LogP contribution in [0, 0.1) is 0 Å². The summed E-state index contributed by atoms with van der Waals surface area (Å²) in [5, 5.41) is 10.7. The van der Waals surface area contributed by atoms with Gasteiger partial charge in [0.15, 0.2) is 0 Å². The first-order valence-corrected chi connectivity index (χ1v) is 7.17. The lowest BCUT2D eigenvalue weighted by Gasteiger charge is -2.25. The van der Waals surface area contributed by atoms with E-state index in [2.05, 4.69) is 22.5 Å². The standard InChI is InChI=1S/C12H15BrN2O3S/c1-3-4-15(7-11(16)17)12(18)14(2)6-10-5-9(13)8-19-10/h3,5,8H,1,4,6-7H2,2H3,(H,16,17). The van der Waals surface area contributed by atoms with Crippen LogP contribution in [0.5, 0.6) is 0 Å². The normalized spacial score (nSPS) is 10.0. The molecule has 0 aliphatic heterocycles. The molecule has 1 aromatic heterocycles. The van der Waals surface area contributed by atoms with Crippen LogP contribution in [0.3, 0.4) is 0 Å². The Labute approximate surface area is 124 Å². The SMILES string of the molecule is C=CCN(CC(=O)O)C(=O)N(C)Cc1cc(Br)cs1. The Bertz CT molecular complexity index is 475. The van der Waals surface area contributed by atoms with Crippen LogP contribution in [0.2, 0.25) is 0 Å². The fourth-order valence-electron chi connectivity index (χ4n) is 1.51. The monoisotopic (exact) mass is 346 g/mol. The van der Waals surface area contributed by atoms with E-state index in [0.717, 1.165) is 9.35 Å². The molecule has 0 radical (unpaired) electrons. The lowest BCUT2D eigenvalue weighted by atomic mass is 10.4. The van der Waals surface area contributed by atoms with E-state index in [1.165, 1.54) is 27.2 Å². The average Bonchev–Trinajstić information content (AvgIpc) is 2.72. The first kappa shape index (κ1) is 15.7. The molecule has 0 bridgehead atoms. The number of carboxylic acid groups (broad SMARTS) is 1. The maximum atomic E-state index is 12.1. The van der Waals surface area contributed by atoms with E-state index in [1.54, 1.807) is 7.05 Å². The number of hydrogen-bond donors (Lipinski definition) is 1. The van der Waals surface area contributed by atoms with E-state index < -0.39 is 5.97 Å². The molecule has 104 valence electrons. The maximum Gasteiger partial charge on any atom is 0.323 e. The van der Waals surface area contributed by atoms with Gasteiger partial charge in [0, 0.05) is 28.3 Å². The van der Waals surface area contributed by atoms with Crippen molar-refractivity contribution in [2.24, 2.45) is 0 Å². The van der Waals surface area contributed by atoms with Crippen LogP contribution >= 0.6 is 27.3 Å². The fraction of sp³-hybridized carbons (Fsp3) is 0.333. The molecule has 1 N–H and O–H groups in total. The van der Waals surface area contributed by atoms with Gasteiger partial charge in [-0.2, -0.15) is 0 Å². The molecule has 1 heterocycles. The third-order valence-corrected chi connectivity index (χ3v) is 3.97. The second kappa shape index (κ2) is 7.30. The highest BCUT2D eigenvalue weighted by Gasteiger charge is 2.19. The van der Waals surface area contributed by atoms with Gasteiger partial charge in [-0.05, 0) is 22.0 Å². The zero-order chi connectivity index (χ0) is 14.4. The van der Waals surface area contributed by atoms with E-state index in [4.69, 9.17) is 5.11 Å². The summed E-state index contributed by atoms with van der Waals surface area (Å²) in [6.45, 7) is 3.86. The summed E-state index contributed by atoms with van der Waals surface area (Å²) in [5.74, 6) is -1.04. The van der Waals surface area contributed by atoms with Crippen molar-refractivity contribution in [3.05, 3.63) is 33.5 Å². The van der Waals surface area contributed by atoms with Gasteiger partial charge in [-0.3, -0.25) is 4.79 Å². The Kier molecular flexibility index (Phi) is 6.04. The van der Waals surface area contributed by atoms with Crippen molar-refractivity contribution in [1.82, 2.24) is 9.80 Å². The summed E-state index contributed by atoms with van der Waals surface area (Å²) in [6, 6.07) is 1.61. The Morgan fingerprint density at radius 3 is 2.74 bits per heavy atom. The van der Waals surface area contributed by atoms with Crippen LogP contribution in [0.4, 0.5) is 4.79 Å². The van der Waals surface area contributed by atoms with Crippen LogP contribution in [0.1, 0.15) is 4.88 Å². The first-order chi connectivity index (χ1) is 8.93. The van der Waals surface area contributed by atoms with Crippen LogP contribution < -0.4 is 0 Å². The molecular formula is C12H15BrN2O3S. The van der Waals surface area contributed by atoms with Crippen molar-refractivity contribution in [1.29, 1.82) is 0 Å². The molecule has 0 spiro atoms. The summed E-state index contributed by atoms with van der Waals surface area (Å²) >= 11 is 4.89. The van der Waals surface area contributed by atoms with Gasteiger partial charge in [0.1, 0.15) is 6.54 Å². The Morgan fingerprint density at radius 1 is 1.58 bits per heavy atom. The molecule has 1 rings (SSSR count). The minimum atomic E-state index is -1.04. The van der Waals surface area contributed by atoms with Crippen molar-refractivity contribution in [2.75, 3.05) is 20.1 Å². The van der Waals surface area contributed by atoms with Crippen LogP contribution in [0.15, 0.2) is 28.6 Å². The van der Waals surface area contributed by atoms with Crippen LogP contribution in [0.25, 0.3) is 0 Å². The van der Waals surface area contributed by atoms with E-state index in [9.17, 15) is 9.59 Å². The van der Waals surface area contributed by atoms with Gasteiger partial charge in [0.25, 0.3) is 0 Å². The molecule has 0 atom stereocenters. The highest BCUT2D eigenvalue weighted by molar-refractivity contribution is 9.10. The molecule has 0 saturated carbocycles. The molecule has 0 aliphatic rings. The van der Waals surface area contributed by atoms with E-state index in [0.29, 0.717) is 6.54 Å². The summed E-state index contributed by atoms with van der Waals surface area (Å²) in [5.41, 5.74) is 0. The Hall–Kier alpha value is -1.34. The van der Waals surface area contributed by atoms with Crippen molar-refractivity contribution in [3.63, 3.8) is 0 Å². The average molecular weight is 347 g/mol. The Morgan fingerprint density at radius 2 is 2.26 bits per heavy atom. The zero-order valence-corrected chi connectivity index (χ0v) is 12.9. The minimum Gasteiger partial charge on any atom is -0.480 e.